The molecule has 4 amide bonds. The van der Waals surface area contributed by atoms with Crippen LogP contribution >= 0.6 is 0 Å². The fourth-order valence-electron chi connectivity index (χ4n) is 3.21. The van der Waals surface area contributed by atoms with Gasteiger partial charge in [0, 0.05) is 11.1 Å². The molecule has 1 aliphatic rings. The Morgan fingerprint density at radius 2 is 1.63 bits per heavy atom. The molecule has 6 heteroatoms. The molecule has 3 aromatic carbocycles. The van der Waals surface area contributed by atoms with Crippen LogP contribution in [0.2, 0.25) is 0 Å². The number of nitrogens with one attached hydrogen (secondary N) is 2. The first-order chi connectivity index (χ1) is 13.1. The van der Waals surface area contributed by atoms with E-state index >= 15 is 0 Å². The number of fused-ring (bicyclic) bond motifs is 1. The lowest BCUT2D eigenvalue weighted by Gasteiger charge is -2.14. The van der Waals surface area contributed by atoms with Gasteiger partial charge < -0.3 is 10.6 Å². The number of hydrogen-bond donors (Lipinski definition) is 2. The highest BCUT2D eigenvalue weighted by Gasteiger charge is 2.39. The van der Waals surface area contributed by atoms with Crippen LogP contribution in [0.3, 0.4) is 0 Å². The Bertz CT molecular complexity index is 1030. The molecule has 134 valence electrons. The molecule has 0 bridgehead atoms. The second-order valence-corrected chi connectivity index (χ2v) is 6.29. The van der Waals surface area contributed by atoms with Crippen molar-refractivity contribution in [3.8, 4) is 0 Å². The summed E-state index contributed by atoms with van der Waals surface area (Å²) < 4.78 is 0. The highest BCUT2D eigenvalue weighted by molar-refractivity contribution is 6.09. The van der Waals surface area contributed by atoms with Crippen molar-refractivity contribution >= 4 is 34.3 Å². The van der Waals surface area contributed by atoms with Gasteiger partial charge in [0.25, 0.3) is 5.91 Å². The van der Waals surface area contributed by atoms with Gasteiger partial charge in [-0.2, -0.15) is 0 Å². The second kappa shape index (κ2) is 6.92. The van der Waals surface area contributed by atoms with E-state index in [9.17, 15) is 14.4 Å². The molecule has 1 heterocycles. The van der Waals surface area contributed by atoms with Gasteiger partial charge in [0.15, 0.2) is 0 Å². The molecule has 27 heavy (non-hydrogen) atoms. The summed E-state index contributed by atoms with van der Waals surface area (Å²) in [4.78, 5) is 38.2. The summed E-state index contributed by atoms with van der Waals surface area (Å²) in [5.41, 5.74) is 1.33. The summed E-state index contributed by atoms with van der Waals surface area (Å²) in [6, 6.07) is 20.9. The van der Waals surface area contributed by atoms with Crippen molar-refractivity contribution in [1.29, 1.82) is 0 Å². The number of urea groups is 1. The summed E-state index contributed by atoms with van der Waals surface area (Å²) >= 11 is 0. The standard InChI is InChI=1S/C21H17N3O3/c25-18(22-17-12-6-10-14-7-4-5-11-16(14)17)13-24-20(26)19(23-21(24)27)15-8-2-1-3-9-15/h1-12,19H,13H2,(H,22,25)(H,23,27). The molecule has 1 atom stereocenters. The molecule has 4 rings (SSSR count). The van der Waals surface area contributed by atoms with Crippen LogP contribution in [-0.4, -0.2) is 29.3 Å². The summed E-state index contributed by atoms with van der Waals surface area (Å²) in [7, 11) is 0. The highest BCUT2D eigenvalue weighted by Crippen LogP contribution is 2.24. The van der Waals surface area contributed by atoms with E-state index in [0.717, 1.165) is 15.7 Å². The maximum atomic E-state index is 12.6. The quantitative estimate of drug-likeness (QED) is 0.703. The largest absolute Gasteiger partial charge is 0.325 e. The number of carbonyl (C=O) groups is 3. The predicted octanol–water partition coefficient (Wildman–Crippen LogP) is 3.07. The van der Waals surface area contributed by atoms with E-state index in [1.54, 1.807) is 30.3 Å². The normalized spacial score (nSPS) is 16.4. The molecule has 0 aromatic heterocycles. The summed E-state index contributed by atoms with van der Waals surface area (Å²) in [6.45, 7) is -0.336. The maximum Gasteiger partial charge on any atom is 0.325 e. The van der Waals surface area contributed by atoms with Gasteiger partial charge in [-0.05, 0) is 17.0 Å². The first-order valence-electron chi connectivity index (χ1n) is 8.58. The minimum absolute atomic E-state index is 0.336. The molecule has 3 aromatic rings. The van der Waals surface area contributed by atoms with Gasteiger partial charge in [-0.3, -0.25) is 14.5 Å². The Balaban J connectivity index is 1.49. The minimum atomic E-state index is -0.760. The predicted molar refractivity (Wildman–Crippen MR) is 102 cm³/mol. The van der Waals surface area contributed by atoms with E-state index in [1.165, 1.54) is 0 Å². The number of anilines is 1. The molecule has 0 aliphatic carbocycles. The summed E-state index contributed by atoms with van der Waals surface area (Å²) in [5.74, 6) is -0.858. The topological polar surface area (TPSA) is 78.5 Å². The number of hydrogen-bond acceptors (Lipinski definition) is 3. The zero-order chi connectivity index (χ0) is 18.8. The number of carbonyl (C=O) groups excluding carboxylic acids is 3. The number of amides is 4. The van der Waals surface area contributed by atoms with Crippen LogP contribution in [0.4, 0.5) is 10.5 Å². The van der Waals surface area contributed by atoms with E-state index in [0.29, 0.717) is 11.3 Å². The van der Waals surface area contributed by atoms with E-state index in [-0.39, 0.29) is 6.54 Å². The molecule has 1 saturated heterocycles. The monoisotopic (exact) mass is 359 g/mol. The van der Waals surface area contributed by atoms with E-state index in [1.807, 2.05) is 42.5 Å². The molecule has 1 unspecified atom stereocenters. The first-order valence-corrected chi connectivity index (χ1v) is 8.58. The van der Waals surface area contributed by atoms with Crippen molar-refractivity contribution in [3.63, 3.8) is 0 Å². The average Bonchev–Trinajstić information content (AvgIpc) is 2.97. The van der Waals surface area contributed by atoms with Gasteiger partial charge >= 0.3 is 6.03 Å². The highest BCUT2D eigenvalue weighted by atomic mass is 16.2. The number of rotatable bonds is 4. The fourth-order valence-corrected chi connectivity index (χ4v) is 3.21. The van der Waals surface area contributed by atoms with Crippen LogP contribution in [0.1, 0.15) is 11.6 Å². The maximum absolute atomic E-state index is 12.6. The Hall–Kier alpha value is -3.67. The third kappa shape index (κ3) is 3.25. The first kappa shape index (κ1) is 16.8. The zero-order valence-corrected chi connectivity index (χ0v) is 14.4. The molecular formula is C21H17N3O3. The van der Waals surface area contributed by atoms with E-state index < -0.39 is 23.9 Å². The van der Waals surface area contributed by atoms with Gasteiger partial charge in [0.1, 0.15) is 12.6 Å². The Kier molecular flexibility index (Phi) is 4.30. The molecule has 1 aliphatic heterocycles. The van der Waals surface area contributed by atoms with Gasteiger partial charge in [0.2, 0.25) is 5.91 Å². The Morgan fingerprint density at radius 3 is 2.44 bits per heavy atom. The Labute approximate surface area is 155 Å². The van der Waals surface area contributed by atoms with Gasteiger partial charge in [0.05, 0.1) is 0 Å². The minimum Gasteiger partial charge on any atom is -0.324 e. The van der Waals surface area contributed by atoms with Crippen molar-refractivity contribution in [2.45, 2.75) is 6.04 Å². The van der Waals surface area contributed by atoms with Crippen LogP contribution < -0.4 is 10.6 Å². The molecule has 2 N–H and O–H groups in total. The summed E-state index contributed by atoms with van der Waals surface area (Å²) in [5, 5.41) is 7.31. The molecule has 6 nitrogen and oxygen atoms in total. The fraction of sp³-hybridized carbons (Fsp3) is 0.0952. The van der Waals surface area contributed by atoms with Crippen molar-refractivity contribution in [2.24, 2.45) is 0 Å². The van der Waals surface area contributed by atoms with E-state index in [4.69, 9.17) is 0 Å². The van der Waals surface area contributed by atoms with Gasteiger partial charge in [-0.25, -0.2) is 4.79 Å². The summed E-state index contributed by atoms with van der Waals surface area (Å²) in [6.07, 6.45) is 0. The van der Waals surface area contributed by atoms with Crippen LogP contribution in [0.25, 0.3) is 10.8 Å². The van der Waals surface area contributed by atoms with Crippen LogP contribution in [-0.2, 0) is 9.59 Å². The number of imide groups is 1. The zero-order valence-electron chi connectivity index (χ0n) is 14.4. The van der Waals surface area contributed by atoms with E-state index in [2.05, 4.69) is 10.6 Å². The average molecular weight is 359 g/mol. The second-order valence-electron chi connectivity index (χ2n) is 6.29. The molecular weight excluding hydrogens is 342 g/mol. The lowest BCUT2D eigenvalue weighted by Crippen LogP contribution is -2.38. The van der Waals surface area contributed by atoms with Crippen LogP contribution in [0.15, 0.2) is 72.8 Å². The van der Waals surface area contributed by atoms with Gasteiger partial charge in [-0.1, -0.05) is 66.7 Å². The lowest BCUT2D eigenvalue weighted by molar-refractivity contribution is -0.130. The SMILES string of the molecule is O=C(CN1C(=O)NC(c2ccccc2)C1=O)Nc1cccc2ccccc12. The van der Waals surface area contributed by atoms with Crippen molar-refractivity contribution in [1.82, 2.24) is 10.2 Å². The van der Waals surface area contributed by atoms with Crippen molar-refractivity contribution < 1.29 is 14.4 Å². The molecule has 0 spiro atoms. The van der Waals surface area contributed by atoms with Crippen LogP contribution in [0.5, 0.6) is 0 Å². The number of nitrogens with zero attached hydrogens (tertiary/aromatic N) is 1. The van der Waals surface area contributed by atoms with Gasteiger partial charge in [-0.15, -0.1) is 0 Å². The molecule has 1 fully saturated rings. The van der Waals surface area contributed by atoms with Crippen LogP contribution in [0, 0.1) is 0 Å². The smallest absolute Gasteiger partial charge is 0.324 e. The molecule has 0 saturated carbocycles. The number of benzene rings is 3. The van der Waals surface area contributed by atoms with Crippen molar-refractivity contribution in [2.75, 3.05) is 11.9 Å². The lowest BCUT2D eigenvalue weighted by atomic mass is 10.1. The third-order valence-electron chi connectivity index (χ3n) is 4.52. The van der Waals surface area contributed by atoms with Crippen molar-refractivity contribution in [3.05, 3.63) is 78.4 Å². The third-order valence-corrected chi connectivity index (χ3v) is 4.52. The Morgan fingerprint density at radius 1 is 0.926 bits per heavy atom. The molecule has 0 radical (unpaired) electrons.